The topological polar surface area (TPSA) is 51.3 Å². The van der Waals surface area contributed by atoms with Gasteiger partial charge in [-0.1, -0.05) is 19.1 Å². The molecule has 5 nitrogen and oxygen atoms in total. The van der Waals surface area contributed by atoms with E-state index < -0.39 is 0 Å². The summed E-state index contributed by atoms with van der Waals surface area (Å²) in [5, 5.41) is 4.67. The Labute approximate surface area is 153 Å². The van der Waals surface area contributed by atoms with Crippen LogP contribution in [0.25, 0.3) is 17.1 Å². The van der Waals surface area contributed by atoms with E-state index in [0.29, 0.717) is 23.1 Å². The first kappa shape index (κ1) is 16.6. The zero-order valence-electron chi connectivity index (χ0n) is 15.2. The van der Waals surface area contributed by atoms with Crippen molar-refractivity contribution in [1.29, 1.82) is 0 Å². The minimum atomic E-state index is 0.0312. The van der Waals surface area contributed by atoms with Crippen molar-refractivity contribution in [2.45, 2.75) is 26.7 Å². The van der Waals surface area contributed by atoms with Crippen molar-refractivity contribution >= 4 is 5.91 Å². The summed E-state index contributed by atoms with van der Waals surface area (Å²) in [7, 11) is 0. The number of hydrogen-bond acceptors (Lipinski definition) is 3. The molecule has 0 unspecified atom stereocenters. The van der Waals surface area contributed by atoms with Gasteiger partial charge in [0.05, 0.1) is 12.0 Å². The molecule has 2 aromatic heterocycles. The van der Waals surface area contributed by atoms with Crippen molar-refractivity contribution in [3.63, 3.8) is 0 Å². The van der Waals surface area contributed by atoms with Crippen LogP contribution in [0.2, 0.25) is 0 Å². The van der Waals surface area contributed by atoms with Gasteiger partial charge in [0.15, 0.2) is 5.76 Å². The number of benzene rings is 1. The molecule has 4 rings (SSSR count). The minimum Gasteiger partial charge on any atom is -0.463 e. The number of amides is 1. The number of likely N-dealkylation sites (tertiary alicyclic amines) is 1. The van der Waals surface area contributed by atoms with Crippen molar-refractivity contribution in [3.05, 3.63) is 60.0 Å². The monoisotopic (exact) mass is 349 g/mol. The fourth-order valence-corrected chi connectivity index (χ4v) is 3.41. The average molecular weight is 349 g/mol. The molecular formula is C21H23N3O2. The van der Waals surface area contributed by atoms with E-state index in [0.717, 1.165) is 37.2 Å². The largest absolute Gasteiger partial charge is 0.463 e. The van der Waals surface area contributed by atoms with Crippen LogP contribution >= 0.6 is 0 Å². The van der Waals surface area contributed by atoms with Gasteiger partial charge in [-0.15, -0.1) is 0 Å². The van der Waals surface area contributed by atoms with Crippen LogP contribution in [-0.2, 0) is 0 Å². The van der Waals surface area contributed by atoms with Crippen LogP contribution in [0.1, 0.15) is 35.8 Å². The van der Waals surface area contributed by atoms with Crippen molar-refractivity contribution in [2.24, 2.45) is 5.92 Å². The quantitative estimate of drug-likeness (QED) is 0.708. The number of aryl methyl sites for hydroxylation is 1. The fraction of sp³-hybridized carbons (Fsp3) is 0.333. The highest BCUT2D eigenvalue weighted by Crippen LogP contribution is 2.25. The Hall–Kier alpha value is -2.82. The van der Waals surface area contributed by atoms with Gasteiger partial charge in [-0.25, -0.2) is 4.68 Å². The number of carbonyl (C=O) groups excluding carboxylic acids is 1. The smallest absolute Gasteiger partial charge is 0.272 e. The number of furan rings is 1. The van der Waals surface area contributed by atoms with Crippen molar-refractivity contribution in [1.82, 2.24) is 14.7 Å². The third-order valence-corrected chi connectivity index (χ3v) is 5.02. The molecule has 0 atom stereocenters. The second-order valence-electron chi connectivity index (χ2n) is 7.12. The van der Waals surface area contributed by atoms with E-state index in [4.69, 9.17) is 4.42 Å². The summed E-state index contributed by atoms with van der Waals surface area (Å²) < 4.78 is 7.23. The first-order valence-electron chi connectivity index (χ1n) is 9.12. The highest BCUT2D eigenvalue weighted by molar-refractivity contribution is 5.94. The molecule has 3 aromatic rings. The molecule has 26 heavy (non-hydrogen) atoms. The van der Waals surface area contributed by atoms with Gasteiger partial charge in [-0.2, -0.15) is 5.10 Å². The molecule has 1 fully saturated rings. The van der Waals surface area contributed by atoms with Crippen molar-refractivity contribution in [3.8, 4) is 17.1 Å². The maximum atomic E-state index is 13.2. The summed E-state index contributed by atoms with van der Waals surface area (Å²) in [4.78, 5) is 15.1. The van der Waals surface area contributed by atoms with E-state index in [1.165, 1.54) is 0 Å². The van der Waals surface area contributed by atoms with Crippen molar-refractivity contribution in [2.75, 3.05) is 13.1 Å². The second kappa shape index (κ2) is 6.83. The van der Waals surface area contributed by atoms with E-state index in [9.17, 15) is 4.79 Å². The predicted octanol–water partition coefficient (Wildman–Crippen LogP) is 4.31. The van der Waals surface area contributed by atoms with Gasteiger partial charge in [0.2, 0.25) is 0 Å². The van der Waals surface area contributed by atoms with Crippen molar-refractivity contribution < 1.29 is 9.21 Å². The SMILES string of the molecule is Cc1cccc(-n2nc(-c3ccco3)cc2C(=O)N2CCC(C)CC2)c1. The number of nitrogens with zero attached hydrogens (tertiary/aromatic N) is 3. The van der Waals surface area contributed by atoms with Crippen LogP contribution in [0.5, 0.6) is 0 Å². The lowest BCUT2D eigenvalue weighted by Crippen LogP contribution is -2.38. The summed E-state index contributed by atoms with van der Waals surface area (Å²) in [6.07, 6.45) is 3.72. The Morgan fingerprint density at radius 1 is 1.15 bits per heavy atom. The maximum absolute atomic E-state index is 13.2. The Balaban J connectivity index is 1.75. The van der Waals surface area contributed by atoms with Crippen LogP contribution in [0.4, 0.5) is 0 Å². The lowest BCUT2D eigenvalue weighted by molar-refractivity contribution is 0.0688. The average Bonchev–Trinajstić information content (AvgIpc) is 3.31. The van der Waals surface area contributed by atoms with E-state index in [-0.39, 0.29) is 5.91 Å². The Bertz CT molecular complexity index is 903. The van der Waals surface area contributed by atoms with Gasteiger partial charge in [-0.3, -0.25) is 4.79 Å². The fourth-order valence-electron chi connectivity index (χ4n) is 3.41. The summed E-state index contributed by atoms with van der Waals surface area (Å²) >= 11 is 0. The molecule has 0 aliphatic carbocycles. The van der Waals surface area contributed by atoms with Crippen LogP contribution in [0.3, 0.4) is 0 Å². The van der Waals surface area contributed by atoms with Crippen LogP contribution in [0, 0.1) is 12.8 Å². The number of aromatic nitrogens is 2. The van der Waals surface area contributed by atoms with Gasteiger partial charge in [0.25, 0.3) is 5.91 Å². The number of carbonyl (C=O) groups is 1. The third-order valence-electron chi connectivity index (χ3n) is 5.02. The first-order valence-corrected chi connectivity index (χ1v) is 9.12. The van der Waals surface area contributed by atoms with E-state index in [1.807, 2.05) is 54.3 Å². The van der Waals surface area contributed by atoms with E-state index in [1.54, 1.807) is 10.9 Å². The molecule has 1 aliphatic rings. The highest BCUT2D eigenvalue weighted by atomic mass is 16.3. The molecule has 0 bridgehead atoms. The molecule has 1 amide bonds. The van der Waals surface area contributed by atoms with Gasteiger partial charge in [0, 0.05) is 19.2 Å². The highest BCUT2D eigenvalue weighted by Gasteiger charge is 2.26. The predicted molar refractivity (Wildman–Crippen MR) is 100 cm³/mol. The van der Waals surface area contributed by atoms with E-state index >= 15 is 0 Å². The van der Waals surface area contributed by atoms with Gasteiger partial charge < -0.3 is 9.32 Å². The Morgan fingerprint density at radius 3 is 2.65 bits per heavy atom. The van der Waals surface area contributed by atoms with Crippen LogP contribution in [0.15, 0.2) is 53.1 Å². The van der Waals surface area contributed by atoms with Crippen LogP contribution < -0.4 is 0 Å². The van der Waals surface area contributed by atoms with Gasteiger partial charge >= 0.3 is 0 Å². The zero-order valence-corrected chi connectivity index (χ0v) is 15.2. The Morgan fingerprint density at radius 2 is 1.96 bits per heavy atom. The molecule has 0 spiro atoms. The molecule has 5 heteroatoms. The lowest BCUT2D eigenvalue weighted by atomic mass is 9.99. The van der Waals surface area contributed by atoms with Gasteiger partial charge in [0.1, 0.15) is 11.4 Å². The normalized spacial score (nSPS) is 15.4. The molecule has 0 saturated carbocycles. The first-order chi connectivity index (χ1) is 12.6. The lowest BCUT2D eigenvalue weighted by Gasteiger charge is -2.30. The van der Waals surface area contributed by atoms with E-state index in [2.05, 4.69) is 12.0 Å². The molecule has 1 saturated heterocycles. The molecule has 3 heterocycles. The summed E-state index contributed by atoms with van der Waals surface area (Å²) in [5.41, 5.74) is 3.26. The Kier molecular flexibility index (Phi) is 4.37. The summed E-state index contributed by atoms with van der Waals surface area (Å²) in [6, 6.07) is 13.6. The molecule has 134 valence electrons. The standard InChI is InChI=1S/C21H23N3O2/c1-15-8-10-23(11-9-15)21(25)19-14-18(20-7-4-12-26-20)22-24(19)17-6-3-5-16(2)13-17/h3-7,12-15H,8-11H2,1-2H3. The number of piperidine rings is 1. The second-order valence-corrected chi connectivity index (χ2v) is 7.12. The molecular weight excluding hydrogens is 326 g/mol. The number of hydrogen-bond donors (Lipinski definition) is 0. The maximum Gasteiger partial charge on any atom is 0.272 e. The molecule has 1 aromatic carbocycles. The van der Waals surface area contributed by atoms with Crippen LogP contribution in [-0.4, -0.2) is 33.7 Å². The third kappa shape index (κ3) is 3.17. The zero-order chi connectivity index (χ0) is 18.1. The number of rotatable bonds is 3. The van der Waals surface area contributed by atoms with Gasteiger partial charge in [-0.05, 0) is 55.5 Å². The minimum absolute atomic E-state index is 0.0312. The molecule has 0 radical (unpaired) electrons. The summed E-state index contributed by atoms with van der Waals surface area (Å²) in [6.45, 7) is 5.88. The molecule has 0 N–H and O–H groups in total. The molecule has 1 aliphatic heterocycles. The summed E-state index contributed by atoms with van der Waals surface area (Å²) in [5.74, 6) is 1.38.